The third-order valence-electron chi connectivity index (χ3n) is 3.66. The molecule has 1 saturated carbocycles. The van der Waals surface area contributed by atoms with E-state index in [0.29, 0.717) is 24.0 Å². The Kier molecular flexibility index (Phi) is 3.04. The molecule has 4 N–H and O–H groups in total. The summed E-state index contributed by atoms with van der Waals surface area (Å²) in [5.41, 5.74) is 6.66. The van der Waals surface area contributed by atoms with Crippen molar-refractivity contribution in [3.8, 4) is 0 Å². The highest BCUT2D eigenvalue weighted by atomic mass is 35.5. The van der Waals surface area contributed by atoms with Crippen molar-refractivity contribution in [2.75, 3.05) is 12.3 Å². The van der Waals surface area contributed by atoms with Gasteiger partial charge in [0.1, 0.15) is 5.52 Å². The molecule has 0 aliphatic heterocycles. The second-order valence-corrected chi connectivity index (χ2v) is 5.19. The SMILES string of the molecule is Nc1nc(Cl)c2ncn([C@@H]3C[C@H](CO)[C@@H](O)C3)c2n1. The molecule has 0 amide bonds. The molecule has 19 heavy (non-hydrogen) atoms. The van der Waals surface area contributed by atoms with E-state index in [9.17, 15) is 10.2 Å². The van der Waals surface area contributed by atoms with Crippen LogP contribution in [0, 0.1) is 5.92 Å². The number of hydrogen-bond acceptors (Lipinski definition) is 6. The Balaban J connectivity index is 2.02. The highest BCUT2D eigenvalue weighted by Gasteiger charge is 2.34. The van der Waals surface area contributed by atoms with Crippen LogP contribution in [0.25, 0.3) is 11.2 Å². The molecule has 3 rings (SSSR count). The van der Waals surface area contributed by atoms with Gasteiger partial charge in [-0.15, -0.1) is 0 Å². The van der Waals surface area contributed by atoms with Gasteiger partial charge in [0, 0.05) is 18.6 Å². The van der Waals surface area contributed by atoms with Gasteiger partial charge in [-0.25, -0.2) is 4.98 Å². The van der Waals surface area contributed by atoms with Crippen LogP contribution in [0.5, 0.6) is 0 Å². The van der Waals surface area contributed by atoms with Gasteiger partial charge in [-0.2, -0.15) is 9.97 Å². The molecule has 0 aromatic carbocycles. The lowest BCUT2D eigenvalue weighted by Crippen LogP contribution is -2.16. The topological polar surface area (TPSA) is 110 Å². The number of rotatable bonds is 2. The number of nitrogens with zero attached hydrogens (tertiary/aromatic N) is 4. The minimum Gasteiger partial charge on any atom is -0.396 e. The van der Waals surface area contributed by atoms with Crippen LogP contribution in [-0.4, -0.2) is 42.4 Å². The second-order valence-electron chi connectivity index (χ2n) is 4.83. The maximum atomic E-state index is 9.86. The summed E-state index contributed by atoms with van der Waals surface area (Å²) in [5, 5.41) is 19.3. The van der Waals surface area contributed by atoms with Crippen molar-refractivity contribution in [3.05, 3.63) is 11.5 Å². The van der Waals surface area contributed by atoms with E-state index in [1.54, 1.807) is 6.33 Å². The van der Waals surface area contributed by atoms with Gasteiger partial charge in [-0.05, 0) is 12.8 Å². The van der Waals surface area contributed by atoms with E-state index in [-0.39, 0.29) is 29.7 Å². The van der Waals surface area contributed by atoms with Crippen LogP contribution in [0.3, 0.4) is 0 Å². The van der Waals surface area contributed by atoms with Crippen LogP contribution < -0.4 is 5.73 Å². The molecule has 0 spiro atoms. The van der Waals surface area contributed by atoms with Crippen molar-refractivity contribution >= 4 is 28.7 Å². The predicted octanol–water partition coefficient (Wildman–Crippen LogP) is 0.366. The van der Waals surface area contributed by atoms with E-state index in [0.717, 1.165) is 0 Å². The van der Waals surface area contributed by atoms with Gasteiger partial charge in [0.2, 0.25) is 5.95 Å². The summed E-state index contributed by atoms with van der Waals surface area (Å²) in [4.78, 5) is 12.2. The fraction of sp³-hybridized carbons (Fsp3) is 0.545. The van der Waals surface area contributed by atoms with Crippen molar-refractivity contribution in [2.24, 2.45) is 5.92 Å². The largest absolute Gasteiger partial charge is 0.396 e. The summed E-state index contributed by atoms with van der Waals surface area (Å²) < 4.78 is 1.85. The average molecular weight is 284 g/mol. The molecule has 0 radical (unpaired) electrons. The Labute approximate surface area is 114 Å². The van der Waals surface area contributed by atoms with Crippen LogP contribution in [0.4, 0.5) is 5.95 Å². The quantitative estimate of drug-likeness (QED) is 0.687. The Hall–Kier alpha value is -1.44. The lowest BCUT2D eigenvalue weighted by molar-refractivity contribution is 0.0906. The first kappa shape index (κ1) is 12.6. The summed E-state index contributed by atoms with van der Waals surface area (Å²) in [6.07, 6.45) is 2.34. The summed E-state index contributed by atoms with van der Waals surface area (Å²) in [5.74, 6) is -0.0198. The van der Waals surface area contributed by atoms with E-state index in [2.05, 4.69) is 15.0 Å². The zero-order chi connectivity index (χ0) is 13.6. The van der Waals surface area contributed by atoms with E-state index in [1.807, 2.05) is 4.57 Å². The first-order valence-electron chi connectivity index (χ1n) is 6.04. The van der Waals surface area contributed by atoms with Gasteiger partial charge >= 0.3 is 0 Å². The summed E-state index contributed by atoms with van der Waals surface area (Å²) in [7, 11) is 0. The van der Waals surface area contributed by atoms with Gasteiger partial charge in [0.25, 0.3) is 0 Å². The standard InChI is InChI=1S/C11H14ClN5O2/c12-9-8-10(16-11(13)15-9)17(4-14-8)6-1-5(3-18)7(19)2-6/h4-7,18-19H,1-3H2,(H2,13,15,16)/t5-,6-,7+/m1/s1. The Bertz CT molecular complexity index is 616. The van der Waals surface area contributed by atoms with E-state index < -0.39 is 6.10 Å². The van der Waals surface area contributed by atoms with Crippen LogP contribution in [0.1, 0.15) is 18.9 Å². The number of fused-ring (bicyclic) bond motifs is 1. The van der Waals surface area contributed by atoms with E-state index in [4.69, 9.17) is 17.3 Å². The van der Waals surface area contributed by atoms with Crippen LogP contribution in [-0.2, 0) is 0 Å². The fourth-order valence-corrected chi connectivity index (χ4v) is 2.88. The highest BCUT2D eigenvalue weighted by molar-refractivity contribution is 6.33. The van der Waals surface area contributed by atoms with Crippen molar-refractivity contribution < 1.29 is 10.2 Å². The number of aliphatic hydroxyl groups excluding tert-OH is 2. The molecular formula is C11H14ClN5O2. The molecule has 2 aromatic rings. The van der Waals surface area contributed by atoms with Gasteiger partial charge in [-0.3, -0.25) is 0 Å². The van der Waals surface area contributed by atoms with Gasteiger partial charge in [0.15, 0.2) is 10.8 Å². The summed E-state index contributed by atoms with van der Waals surface area (Å²) in [6.45, 7) is -0.0256. The number of nitrogens with two attached hydrogens (primary N) is 1. The van der Waals surface area contributed by atoms with Gasteiger partial charge < -0.3 is 20.5 Å². The van der Waals surface area contributed by atoms with E-state index in [1.165, 1.54) is 0 Å². The van der Waals surface area contributed by atoms with Crippen LogP contribution in [0.2, 0.25) is 5.15 Å². The molecule has 2 aromatic heterocycles. The van der Waals surface area contributed by atoms with Crippen molar-refractivity contribution in [1.29, 1.82) is 0 Å². The first-order chi connectivity index (χ1) is 9.10. The lowest BCUT2D eigenvalue weighted by atomic mass is 10.1. The molecule has 2 heterocycles. The number of nitrogen functional groups attached to an aromatic ring is 1. The number of anilines is 1. The zero-order valence-corrected chi connectivity index (χ0v) is 10.8. The van der Waals surface area contributed by atoms with Crippen molar-refractivity contribution in [3.63, 3.8) is 0 Å². The molecule has 0 unspecified atom stereocenters. The molecule has 1 aliphatic rings. The molecule has 1 aliphatic carbocycles. The van der Waals surface area contributed by atoms with Gasteiger partial charge in [-0.1, -0.05) is 11.6 Å². The number of aromatic nitrogens is 4. The third kappa shape index (κ3) is 2.03. The molecule has 3 atom stereocenters. The Morgan fingerprint density at radius 2 is 2.21 bits per heavy atom. The van der Waals surface area contributed by atoms with Gasteiger partial charge in [0.05, 0.1) is 12.4 Å². The monoisotopic (exact) mass is 283 g/mol. The maximum absolute atomic E-state index is 9.86. The zero-order valence-electron chi connectivity index (χ0n) is 10.1. The van der Waals surface area contributed by atoms with E-state index >= 15 is 0 Å². The average Bonchev–Trinajstić information content (AvgIpc) is 2.92. The molecule has 0 bridgehead atoms. The lowest BCUT2D eigenvalue weighted by Gasteiger charge is -2.12. The molecule has 102 valence electrons. The molecule has 8 heteroatoms. The number of imidazole rings is 1. The minimum absolute atomic E-state index is 0.0256. The fourth-order valence-electron chi connectivity index (χ4n) is 2.66. The third-order valence-corrected chi connectivity index (χ3v) is 3.92. The number of aliphatic hydroxyl groups is 2. The minimum atomic E-state index is -0.512. The van der Waals surface area contributed by atoms with Crippen LogP contribution >= 0.6 is 11.6 Å². The maximum Gasteiger partial charge on any atom is 0.223 e. The number of hydrogen-bond donors (Lipinski definition) is 3. The molecule has 1 fully saturated rings. The second kappa shape index (κ2) is 4.59. The summed E-state index contributed by atoms with van der Waals surface area (Å²) >= 11 is 5.97. The number of halogens is 1. The smallest absolute Gasteiger partial charge is 0.223 e. The molecule has 0 saturated heterocycles. The Morgan fingerprint density at radius 3 is 2.89 bits per heavy atom. The highest BCUT2D eigenvalue weighted by Crippen LogP contribution is 2.36. The normalized spacial score (nSPS) is 27.2. The Morgan fingerprint density at radius 1 is 1.42 bits per heavy atom. The van der Waals surface area contributed by atoms with Crippen molar-refractivity contribution in [1.82, 2.24) is 19.5 Å². The molecule has 7 nitrogen and oxygen atoms in total. The molecular weight excluding hydrogens is 270 g/mol. The summed E-state index contributed by atoms with van der Waals surface area (Å²) in [6, 6.07) is 0.0301. The first-order valence-corrected chi connectivity index (χ1v) is 6.42. The predicted molar refractivity (Wildman–Crippen MR) is 69.6 cm³/mol. The van der Waals surface area contributed by atoms with Crippen molar-refractivity contribution in [2.45, 2.75) is 25.0 Å². The van der Waals surface area contributed by atoms with Crippen LogP contribution in [0.15, 0.2) is 6.33 Å².